The van der Waals surface area contributed by atoms with Crippen LogP contribution in [0.5, 0.6) is 0 Å². The lowest BCUT2D eigenvalue weighted by Gasteiger charge is -2.17. The Labute approximate surface area is 109 Å². The molecule has 5 nitrogen and oxygen atoms in total. The molecule has 18 heavy (non-hydrogen) atoms. The van der Waals surface area contributed by atoms with E-state index in [1.54, 1.807) is 0 Å². The molecule has 0 saturated carbocycles. The lowest BCUT2D eigenvalue weighted by atomic mass is 10.1. The maximum Gasteiger partial charge on any atom is 0.224 e. The number of amides is 1. The van der Waals surface area contributed by atoms with Crippen LogP contribution in [0, 0.1) is 13.8 Å². The van der Waals surface area contributed by atoms with Crippen LogP contribution < -0.4 is 5.32 Å². The molecule has 1 aromatic heterocycles. The standard InChI is InChI=1S/C13H23N3O2/c1-5-16(6-2)8-7-14-13(17)9-12-10(3)15-18-11(12)4/h5-9H2,1-4H3,(H,14,17). The summed E-state index contributed by atoms with van der Waals surface area (Å²) in [5.74, 6) is 0.753. The molecule has 1 amide bonds. The predicted octanol–water partition coefficient (Wildman–Crippen LogP) is 1.29. The third kappa shape index (κ3) is 4.14. The Morgan fingerprint density at radius 3 is 2.50 bits per heavy atom. The van der Waals surface area contributed by atoms with Crippen molar-refractivity contribution in [2.24, 2.45) is 0 Å². The van der Waals surface area contributed by atoms with Crippen LogP contribution in [-0.2, 0) is 11.2 Å². The van der Waals surface area contributed by atoms with E-state index in [0.29, 0.717) is 13.0 Å². The van der Waals surface area contributed by atoms with Gasteiger partial charge in [0.1, 0.15) is 5.76 Å². The first-order valence-electron chi connectivity index (χ1n) is 6.49. The lowest BCUT2D eigenvalue weighted by molar-refractivity contribution is -0.120. The summed E-state index contributed by atoms with van der Waals surface area (Å²) in [4.78, 5) is 14.0. The van der Waals surface area contributed by atoms with E-state index in [0.717, 1.165) is 36.7 Å². The molecular weight excluding hydrogens is 230 g/mol. The summed E-state index contributed by atoms with van der Waals surface area (Å²) in [7, 11) is 0. The van der Waals surface area contributed by atoms with Crippen molar-refractivity contribution in [3.63, 3.8) is 0 Å². The number of nitrogens with one attached hydrogen (secondary N) is 1. The first-order chi connectivity index (χ1) is 8.58. The Bertz CT molecular complexity index is 364. The summed E-state index contributed by atoms with van der Waals surface area (Å²) in [5, 5.41) is 6.77. The molecule has 0 unspecified atom stereocenters. The van der Waals surface area contributed by atoms with Gasteiger partial charge in [0, 0.05) is 18.7 Å². The fourth-order valence-electron chi connectivity index (χ4n) is 1.87. The van der Waals surface area contributed by atoms with Crippen molar-refractivity contribution in [3.05, 3.63) is 17.0 Å². The molecule has 0 aliphatic heterocycles. The van der Waals surface area contributed by atoms with Crippen molar-refractivity contribution in [1.82, 2.24) is 15.4 Å². The zero-order chi connectivity index (χ0) is 13.5. The topological polar surface area (TPSA) is 58.4 Å². The highest BCUT2D eigenvalue weighted by Crippen LogP contribution is 2.12. The molecule has 0 aromatic carbocycles. The lowest BCUT2D eigenvalue weighted by Crippen LogP contribution is -2.35. The smallest absolute Gasteiger partial charge is 0.224 e. The van der Waals surface area contributed by atoms with Crippen LogP contribution in [0.4, 0.5) is 0 Å². The quantitative estimate of drug-likeness (QED) is 0.795. The molecule has 1 aromatic rings. The minimum atomic E-state index is 0.0246. The molecule has 1 N–H and O–H groups in total. The number of aryl methyl sites for hydroxylation is 2. The van der Waals surface area contributed by atoms with Crippen molar-refractivity contribution in [2.75, 3.05) is 26.2 Å². The largest absolute Gasteiger partial charge is 0.361 e. The van der Waals surface area contributed by atoms with Crippen molar-refractivity contribution < 1.29 is 9.32 Å². The molecule has 0 atom stereocenters. The zero-order valence-corrected chi connectivity index (χ0v) is 11.7. The second kappa shape index (κ2) is 7.16. The zero-order valence-electron chi connectivity index (χ0n) is 11.7. The Morgan fingerprint density at radius 2 is 2.00 bits per heavy atom. The van der Waals surface area contributed by atoms with Gasteiger partial charge in [-0.05, 0) is 26.9 Å². The van der Waals surface area contributed by atoms with Gasteiger partial charge in [0.15, 0.2) is 0 Å². The van der Waals surface area contributed by atoms with Crippen LogP contribution in [0.15, 0.2) is 4.52 Å². The van der Waals surface area contributed by atoms with Crippen LogP contribution in [0.1, 0.15) is 30.9 Å². The van der Waals surface area contributed by atoms with E-state index in [2.05, 4.69) is 29.2 Å². The van der Waals surface area contributed by atoms with Gasteiger partial charge in [-0.1, -0.05) is 19.0 Å². The molecule has 0 bridgehead atoms. The molecular formula is C13H23N3O2. The SMILES string of the molecule is CCN(CC)CCNC(=O)Cc1c(C)noc1C. The fourth-order valence-corrected chi connectivity index (χ4v) is 1.87. The summed E-state index contributed by atoms with van der Waals surface area (Å²) in [5.41, 5.74) is 1.70. The van der Waals surface area contributed by atoms with Gasteiger partial charge in [-0.25, -0.2) is 0 Å². The highest BCUT2D eigenvalue weighted by molar-refractivity contribution is 5.78. The normalized spacial score (nSPS) is 10.9. The van der Waals surface area contributed by atoms with Gasteiger partial charge in [0.25, 0.3) is 0 Å². The summed E-state index contributed by atoms with van der Waals surface area (Å²) in [6.45, 7) is 11.5. The number of likely N-dealkylation sites (N-methyl/N-ethyl adjacent to an activating group) is 1. The van der Waals surface area contributed by atoms with Crippen LogP contribution in [0.2, 0.25) is 0 Å². The summed E-state index contributed by atoms with van der Waals surface area (Å²) >= 11 is 0. The van der Waals surface area contributed by atoms with Crippen molar-refractivity contribution in [3.8, 4) is 0 Å². The van der Waals surface area contributed by atoms with E-state index in [4.69, 9.17) is 4.52 Å². The van der Waals surface area contributed by atoms with E-state index in [-0.39, 0.29) is 5.91 Å². The molecule has 0 radical (unpaired) electrons. The van der Waals surface area contributed by atoms with E-state index >= 15 is 0 Å². The van der Waals surface area contributed by atoms with E-state index in [1.807, 2.05) is 13.8 Å². The third-order valence-corrected chi connectivity index (χ3v) is 3.16. The third-order valence-electron chi connectivity index (χ3n) is 3.16. The monoisotopic (exact) mass is 253 g/mol. The molecule has 1 heterocycles. The van der Waals surface area contributed by atoms with Gasteiger partial charge in [0.05, 0.1) is 12.1 Å². The summed E-state index contributed by atoms with van der Waals surface area (Å²) < 4.78 is 5.04. The molecule has 0 fully saturated rings. The van der Waals surface area contributed by atoms with Crippen LogP contribution in [0.3, 0.4) is 0 Å². The van der Waals surface area contributed by atoms with Crippen LogP contribution in [0.25, 0.3) is 0 Å². The van der Waals surface area contributed by atoms with Gasteiger partial charge < -0.3 is 14.7 Å². The maximum atomic E-state index is 11.8. The highest BCUT2D eigenvalue weighted by atomic mass is 16.5. The second-order valence-electron chi connectivity index (χ2n) is 4.36. The number of rotatable bonds is 7. The number of nitrogens with zero attached hydrogens (tertiary/aromatic N) is 2. The van der Waals surface area contributed by atoms with Crippen molar-refractivity contribution in [2.45, 2.75) is 34.1 Å². The average molecular weight is 253 g/mol. The number of carbonyl (C=O) groups is 1. The van der Waals surface area contributed by atoms with Gasteiger partial charge in [-0.3, -0.25) is 4.79 Å². The van der Waals surface area contributed by atoms with E-state index in [1.165, 1.54) is 0 Å². The number of hydrogen-bond acceptors (Lipinski definition) is 4. The second-order valence-corrected chi connectivity index (χ2v) is 4.36. The minimum absolute atomic E-state index is 0.0246. The van der Waals surface area contributed by atoms with E-state index in [9.17, 15) is 4.79 Å². The molecule has 1 rings (SSSR count). The molecule has 5 heteroatoms. The van der Waals surface area contributed by atoms with Gasteiger partial charge >= 0.3 is 0 Å². The van der Waals surface area contributed by atoms with Gasteiger partial charge in [0.2, 0.25) is 5.91 Å². The Kier molecular flexibility index (Phi) is 5.85. The first kappa shape index (κ1) is 14.7. The summed E-state index contributed by atoms with van der Waals surface area (Å²) in [6.07, 6.45) is 0.347. The van der Waals surface area contributed by atoms with Crippen LogP contribution in [-0.4, -0.2) is 42.1 Å². The number of carbonyl (C=O) groups excluding carboxylic acids is 1. The molecule has 102 valence electrons. The van der Waals surface area contributed by atoms with Gasteiger partial charge in [-0.15, -0.1) is 0 Å². The Balaban J connectivity index is 2.34. The molecule has 0 aliphatic carbocycles. The van der Waals surface area contributed by atoms with Crippen molar-refractivity contribution in [1.29, 1.82) is 0 Å². The number of aromatic nitrogens is 1. The molecule has 0 saturated heterocycles. The molecule has 0 spiro atoms. The first-order valence-corrected chi connectivity index (χ1v) is 6.49. The summed E-state index contributed by atoms with van der Waals surface area (Å²) in [6, 6.07) is 0. The molecule has 0 aliphatic rings. The predicted molar refractivity (Wildman–Crippen MR) is 70.5 cm³/mol. The van der Waals surface area contributed by atoms with Crippen LogP contribution >= 0.6 is 0 Å². The highest BCUT2D eigenvalue weighted by Gasteiger charge is 2.13. The number of hydrogen-bond donors (Lipinski definition) is 1. The Morgan fingerprint density at radius 1 is 1.33 bits per heavy atom. The maximum absolute atomic E-state index is 11.8. The average Bonchev–Trinajstić information content (AvgIpc) is 2.66. The minimum Gasteiger partial charge on any atom is -0.361 e. The van der Waals surface area contributed by atoms with Gasteiger partial charge in [-0.2, -0.15) is 0 Å². The van der Waals surface area contributed by atoms with E-state index < -0.39 is 0 Å². The van der Waals surface area contributed by atoms with Crippen molar-refractivity contribution >= 4 is 5.91 Å². The Hall–Kier alpha value is -1.36. The fraction of sp³-hybridized carbons (Fsp3) is 0.692.